The van der Waals surface area contributed by atoms with Crippen LogP contribution >= 0.6 is 11.3 Å². The van der Waals surface area contributed by atoms with Crippen LogP contribution in [0.2, 0.25) is 0 Å². The van der Waals surface area contributed by atoms with Gasteiger partial charge in [0.15, 0.2) is 0 Å². The summed E-state index contributed by atoms with van der Waals surface area (Å²) in [5.41, 5.74) is 0.721. The van der Waals surface area contributed by atoms with E-state index >= 15 is 0 Å². The maximum atomic E-state index is 12.2. The number of amides is 1. The van der Waals surface area contributed by atoms with Crippen molar-refractivity contribution in [2.24, 2.45) is 5.92 Å². The SMILES string of the molecule is Cc1cc(C(=O)N2CC[C@H](C(=O)O)C2)c(C)s1. The molecule has 1 fully saturated rings. The second kappa shape index (κ2) is 4.49. The number of likely N-dealkylation sites (tertiary alicyclic amines) is 1. The Morgan fingerprint density at radius 1 is 1.47 bits per heavy atom. The summed E-state index contributed by atoms with van der Waals surface area (Å²) in [4.78, 5) is 26.8. The van der Waals surface area contributed by atoms with E-state index in [-0.39, 0.29) is 5.91 Å². The fraction of sp³-hybridized carbons (Fsp3) is 0.500. The maximum Gasteiger partial charge on any atom is 0.308 e. The summed E-state index contributed by atoms with van der Waals surface area (Å²) < 4.78 is 0. The monoisotopic (exact) mass is 253 g/mol. The van der Waals surface area contributed by atoms with Crippen molar-refractivity contribution in [2.45, 2.75) is 20.3 Å². The van der Waals surface area contributed by atoms with Crippen LogP contribution in [-0.4, -0.2) is 35.0 Å². The van der Waals surface area contributed by atoms with Crippen molar-refractivity contribution < 1.29 is 14.7 Å². The average Bonchev–Trinajstić information content (AvgIpc) is 2.84. The molecule has 1 N–H and O–H groups in total. The first-order valence-electron chi connectivity index (χ1n) is 5.58. The van der Waals surface area contributed by atoms with Crippen molar-refractivity contribution in [3.63, 3.8) is 0 Å². The van der Waals surface area contributed by atoms with E-state index in [0.717, 1.165) is 15.3 Å². The summed E-state index contributed by atoms with van der Waals surface area (Å²) in [6.07, 6.45) is 0.559. The van der Waals surface area contributed by atoms with E-state index in [0.29, 0.717) is 19.5 Å². The molecule has 1 amide bonds. The number of thiophene rings is 1. The first-order chi connectivity index (χ1) is 7.99. The molecule has 5 heteroatoms. The second-order valence-corrected chi connectivity index (χ2v) is 5.86. The normalized spacial score (nSPS) is 19.6. The molecule has 1 aromatic rings. The summed E-state index contributed by atoms with van der Waals surface area (Å²) in [5.74, 6) is -1.24. The molecule has 1 aromatic heterocycles. The van der Waals surface area contributed by atoms with E-state index < -0.39 is 11.9 Å². The van der Waals surface area contributed by atoms with Crippen LogP contribution in [0.5, 0.6) is 0 Å². The standard InChI is InChI=1S/C12H15NO3S/c1-7-5-10(8(2)17-7)11(14)13-4-3-9(6-13)12(15)16/h5,9H,3-4,6H2,1-2H3,(H,15,16)/t9-/m0/s1. The van der Waals surface area contributed by atoms with Gasteiger partial charge in [0.1, 0.15) is 0 Å². The highest BCUT2D eigenvalue weighted by atomic mass is 32.1. The van der Waals surface area contributed by atoms with Crippen molar-refractivity contribution in [3.8, 4) is 0 Å². The van der Waals surface area contributed by atoms with Crippen molar-refractivity contribution in [2.75, 3.05) is 13.1 Å². The van der Waals surface area contributed by atoms with Gasteiger partial charge in [-0.25, -0.2) is 0 Å². The highest BCUT2D eigenvalue weighted by Crippen LogP contribution is 2.25. The Labute approximate surface area is 104 Å². The summed E-state index contributed by atoms with van der Waals surface area (Å²) in [6, 6.07) is 1.89. The van der Waals surface area contributed by atoms with Crippen LogP contribution in [-0.2, 0) is 4.79 Å². The Bertz CT molecular complexity index is 466. The molecule has 1 saturated heterocycles. The number of nitrogens with zero attached hydrogens (tertiary/aromatic N) is 1. The van der Waals surface area contributed by atoms with Crippen molar-refractivity contribution in [1.29, 1.82) is 0 Å². The summed E-state index contributed by atoms with van der Waals surface area (Å²) in [7, 11) is 0. The van der Waals surface area contributed by atoms with Gasteiger partial charge in [-0.15, -0.1) is 11.3 Å². The third kappa shape index (κ3) is 2.34. The molecule has 2 rings (SSSR count). The maximum absolute atomic E-state index is 12.2. The molecule has 1 aliphatic rings. The smallest absolute Gasteiger partial charge is 0.308 e. The quantitative estimate of drug-likeness (QED) is 0.876. The van der Waals surface area contributed by atoms with Crippen molar-refractivity contribution in [1.82, 2.24) is 4.90 Å². The number of carbonyl (C=O) groups is 2. The van der Waals surface area contributed by atoms with Gasteiger partial charge in [-0.3, -0.25) is 9.59 Å². The molecule has 4 nitrogen and oxygen atoms in total. The Morgan fingerprint density at radius 3 is 2.65 bits per heavy atom. The minimum Gasteiger partial charge on any atom is -0.481 e. The predicted octanol–water partition coefficient (Wildman–Crippen LogP) is 1.91. The first kappa shape index (κ1) is 12.1. The molecule has 17 heavy (non-hydrogen) atoms. The lowest BCUT2D eigenvalue weighted by molar-refractivity contribution is -0.141. The molecule has 92 valence electrons. The molecule has 0 aliphatic carbocycles. The average molecular weight is 253 g/mol. The predicted molar refractivity (Wildman–Crippen MR) is 65.4 cm³/mol. The van der Waals surface area contributed by atoms with Gasteiger partial charge in [0.05, 0.1) is 11.5 Å². The third-order valence-electron chi connectivity index (χ3n) is 3.10. The second-order valence-electron chi connectivity index (χ2n) is 4.40. The molecule has 1 aliphatic heterocycles. The molecular formula is C12H15NO3S. The molecule has 1 atom stereocenters. The molecule has 2 heterocycles. The van der Waals surface area contributed by atoms with Gasteiger partial charge < -0.3 is 10.0 Å². The summed E-state index contributed by atoms with van der Waals surface area (Å²) in [6.45, 7) is 4.78. The van der Waals surface area contributed by atoms with Crippen LogP contribution in [0, 0.1) is 19.8 Å². The Hall–Kier alpha value is -1.36. The number of aryl methyl sites for hydroxylation is 2. The Morgan fingerprint density at radius 2 is 2.18 bits per heavy atom. The van der Waals surface area contributed by atoms with Crippen LogP contribution in [0.3, 0.4) is 0 Å². The van der Waals surface area contributed by atoms with Gasteiger partial charge in [-0.05, 0) is 26.3 Å². The molecular weight excluding hydrogens is 238 g/mol. The largest absolute Gasteiger partial charge is 0.481 e. The van der Waals surface area contributed by atoms with Crippen LogP contribution in [0.4, 0.5) is 0 Å². The van der Waals surface area contributed by atoms with Gasteiger partial charge in [-0.1, -0.05) is 0 Å². The van der Waals surface area contributed by atoms with Gasteiger partial charge >= 0.3 is 5.97 Å². The molecule has 0 spiro atoms. The van der Waals surface area contributed by atoms with Gasteiger partial charge in [0.2, 0.25) is 0 Å². The zero-order valence-electron chi connectivity index (χ0n) is 9.90. The first-order valence-corrected chi connectivity index (χ1v) is 6.40. The van der Waals surface area contributed by atoms with Crippen molar-refractivity contribution in [3.05, 3.63) is 21.4 Å². The van der Waals surface area contributed by atoms with Gasteiger partial charge in [0, 0.05) is 22.8 Å². The van der Waals surface area contributed by atoms with E-state index in [1.54, 1.807) is 16.2 Å². The van der Waals surface area contributed by atoms with E-state index in [4.69, 9.17) is 5.11 Å². The lowest BCUT2D eigenvalue weighted by atomic mass is 10.1. The fourth-order valence-electron chi connectivity index (χ4n) is 2.16. The minimum absolute atomic E-state index is 0.0319. The minimum atomic E-state index is -0.807. The van der Waals surface area contributed by atoms with Crippen LogP contribution < -0.4 is 0 Å². The van der Waals surface area contributed by atoms with Gasteiger partial charge in [-0.2, -0.15) is 0 Å². The number of carbonyl (C=O) groups excluding carboxylic acids is 1. The van der Waals surface area contributed by atoms with Gasteiger partial charge in [0.25, 0.3) is 5.91 Å². The number of carboxylic acid groups (broad SMARTS) is 1. The number of hydrogen-bond acceptors (Lipinski definition) is 3. The molecule has 0 aromatic carbocycles. The zero-order valence-corrected chi connectivity index (χ0v) is 10.7. The Kier molecular flexibility index (Phi) is 3.19. The molecule has 0 saturated carbocycles. The topological polar surface area (TPSA) is 57.6 Å². The van der Waals surface area contributed by atoms with E-state index in [1.165, 1.54) is 0 Å². The van der Waals surface area contributed by atoms with Crippen LogP contribution in [0.1, 0.15) is 26.5 Å². The van der Waals surface area contributed by atoms with E-state index in [2.05, 4.69) is 0 Å². The molecule has 0 unspecified atom stereocenters. The highest BCUT2D eigenvalue weighted by molar-refractivity contribution is 7.12. The van der Waals surface area contributed by atoms with E-state index in [9.17, 15) is 9.59 Å². The third-order valence-corrected chi connectivity index (χ3v) is 4.06. The lowest BCUT2D eigenvalue weighted by Crippen LogP contribution is -2.30. The van der Waals surface area contributed by atoms with Crippen LogP contribution in [0.15, 0.2) is 6.07 Å². The Balaban J connectivity index is 2.12. The summed E-state index contributed by atoms with van der Waals surface area (Å²) in [5, 5.41) is 8.91. The lowest BCUT2D eigenvalue weighted by Gasteiger charge is -2.15. The van der Waals surface area contributed by atoms with Crippen molar-refractivity contribution >= 4 is 23.2 Å². The fourth-order valence-corrected chi connectivity index (χ4v) is 3.08. The number of hydrogen-bond donors (Lipinski definition) is 1. The van der Waals surface area contributed by atoms with E-state index in [1.807, 2.05) is 19.9 Å². The molecule has 0 radical (unpaired) electrons. The zero-order chi connectivity index (χ0) is 12.6. The number of carboxylic acids is 1. The highest BCUT2D eigenvalue weighted by Gasteiger charge is 2.32. The number of aliphatic carboxylic acids is 1. The molecule has 0 bridgehead atoms. The summed E-state index contributed by atoms with van der Waals surface area (Å²) >= 11 is 1.60. The van der Waals surface area contributed by atoms with Crippen LogP contribution in [0.25, 0.3) is 0 Å². The number of rotatable bonds is 2.